The van der Waals surface area contributed by atoms with Gasteiger partial charge < -0.3 is 0 Å². The highest BCUT2D eigenvalue weighted by Gasteiger charge is 2.07. The van der Waals surface area contributed by atoms with Gasteiger partial charge in [0.25, 0.3) is 0 Å². The Balaban J connectivity index is 1.72. The van der Waals surface area contributed by atoms with Crippen LogP contribution >= 0.6 is 22.7 Å². The number of hydrogen-bond acceptors (Lipinski definition) is 4. The van der Waals surface area contributed by atoms with Gasteiger partial charge in [-0.1, -0.05) is 30.3 Å². The topological polar surface area (TPSA) is 36.7 Å². The Hall–Kier alpha value is -2.74. The fourth-order valence-electron chi connectivity index (χ4n) is 2.50. The summed E-state index contributed by atoms with van der Waals surface area (Å²) >= 11 is 3.41. The van der Waals surface area contributed by atoms with Gasteiger partial charge in [-0.05, 0) is 41.8 Å². The summed E-state index contributed by atoms with van der Waals surface area (Å²) in [6, 6.07) is 22.5. The number of aromatic nitrogens is 1. The highest BCUT2D eigenvalue weighted by molar-refractivity contribution is 7.21. The van der Waals surface area contributed by atoms with Gasteiger partial charge in [-0.3, -0.25) is 0 Å². The lowest BCUT2D eigenvalue weighted by Gasteiger charge is -2.01. The molecular formula is C20H12N2S2. The summed E-state index contributed by atoms with van der Waals surface area (Å²) in [6.07, 6.45) is 1.92. The number of para-hydroxylation sites is 1. The lowest BCUT2D eigenvalue weighted by atomic mass is 10.1. The first-order valence-electron chi connectivity index (χ1n) is 7.45. The van der Waals surface area contributed by atoms with Crippen LogP contribution in [0, 0.1) is 11.3 Å². The second kappa shape index (κ2) is 6.40. The second-order valence-corrected chi connectivity index (χ2v) is 7.30. The van der Waals surface area contributed by atoms with Crippen molar-refractivity contribution in [3.8, 4) is 15.8 Å². The molecule has 0 atom stereocenters. The summed E-state index contributed by atoms with van der Waals surface area (Å²) in [7, 11) is 0. The average molecular weight is 344 g/mol. The van der Waals surface area contributed by atoms with Crippen molar-refractivity contribution in [3.63, 3.8) is 0 Å². The first-order valence-corrected chi connectivity index (χ1v) is 9.15. The van der Waals surface area contributed by atoms with E-state index in [4.69, 9.17) is 0 Å². The Morgan fingerprint density at radius 3 is 2.71 bits per heavy atom. The van der Waals surface area contributed by atoms with Crippen LogP contribution in [0.2, 0.25) is 0 Å². The zero-order valence-corrected chi connectivity index (χ0v) is 14.3. The van der Waals surface area contributed by atoms with E-state index in [0.717, 1.165) is 15.8 Å². The molecule has 0 N–H and O–H groups in total. The average Bonchev–Trinajstić information content (AvgIpc) is 3.30. The van der Waals surface area contributed by atoms with E-state index in [1.807, 2.05) is 42.5 Å². The van der Waals surface area contributed by atoms with Crippen molar-refractivity contribution in [2.75, 3.05) is 0 Å². The summed E-state index contributed by atoms with van der Waals surface area (Å²) in [6.45, 7) is 0. The predicted molar refractivity (Wildman–Crippen MR) is 103 cm³/mol. The molecule has 114 valence electrons. The fraction of sp³-hybridized carbons (Fsp3) is 0. The predicted octanol–water partition coefficient (Wildman–Crippen LogP) is 6.09. The van der Waals surface area contributed by atoms with Gasteiger partial charge >= 0.3 is 0 Å². The zero-order chi connectivity index (χ0) is 16.4. The van der Waals surface area contributed by atoms with Gasteiger partial charge in [-0.15, -0.1) is 22.7 Å². The van der Waals surface area contributed by atoms with Gasteiger partial charge in [0.2, 0.25) is 0 Å². The van der Waals surface area contributed by atoms with Crippen molar-refractivity contribution in [2.45, 2.75) is 0 Å². The molecule has 3 aromatic heterocycles. The van der Waals surface area contributed by atoms with E-state index in [2.05, 4.69) is 40.7 Å². The third-order valence-corrected chi connectivity index (χ3v) is 5.77. The van der Waals surface area contributed by atoms with Crippen LogP contribution in [0.3, 0.4) is 0 Å². The second-order valence-electron chi connectivity index (χ2n) is 5.24. The molecule has 0 aliphatic rings. The maximum absolute atomic E-state index is 9.55. The zero-order valence-electron chi connectivity index (χ0n) is 12.6. The first-order chi connectivity index (χ1) is 11.8. The Bertz CT molecular complexity index is 1070. The van der Waals surface area contributed by atoms with E-state index >= 15 is 0 Å². The molecule has 2 nitrogen and oxygen atoms in total. The monoisotopic (exact) mass is 344 g/mol. The molecule has 4 aromatic rings. The number of benzene rings is 1. The van der Waals surface area contributed by atoms with E-state index in [1.165, 1.54) is 9.75 Å². The molecule has 0 amide bonds. The van der Waals surface area contributed by atoms with Crippen molar-refractivity contribution in [1.29, 1.82) is 5.26 Å². The smallest absolute Gasteiger partial charge is 0.101 e. The molecule has 4 heteroatoms. The Morgan fingerprint density at radius 1 is 0.958 bits per heavy atom. The summed E-state index contributed by atoms with van der Waals surface area (Å²) < 4.78 is 0. The number of thiophene rings is 2. The summed E-state index contributed by atoms with van der Waals surface area (Å²) in [5.74, 6) is 0. The summed E-state index contributed by atoms with van der Waals surface area (Å²) in [4.78, 5) is 8.15. The van der Waals surface area contributed by atoms with Crippen molar-refractivity contribution in [1.82, 2.24) is 4.98 Å². The van der Waals surface area contributed by atoms with Crippen molar-refractivity contribution in [2.24, 2.45) is 0 Å². The minimum atomic E-state index is 0.584. The Kier molecular flexibility index (Phi) is 3.96. The number of rotatable bonds is 3. The number of allylic oxidation sites excluding steroid dienone is 1. The third kappa shape index (κ3) is 2.88. The minimum Gasteiger partial charge on any atom is -0.247 e. The maximum atomic E-state index is 9.55. The van der Waals surface area contributed by atoms with E-state index < -0.39 is 0 Å². The fourth-order valence-corrected chi connectivity index (χ4v) is 4.29. The highest BCUT2D eigenvalue weighted by atomic mass is 32.1. The molecule has 0 saturated carbocycles. The van der Waals surface area contributed by atoms with Crippen LogP contribution in [0.25, 0.3) is 32.3 Å². The molecule has 0 radical (unpaired) electrons. The van der Waals surface area contributed by atoms with Crippen molar-refractivity contribution < 1.29 is 0 Å². The molecule has 0 aliphatic heterocycles. The number of hydrogen-bond donors (Lipinski definition) is 0. The van der Waals surface area contributed by atoms with E-state index in [1.54, 1.807) is 22.7 Å². The molecule has 0 spiro atoms. The molecule has 4 rings (SSSR count). The Morgan fingerprint density at radius 2 is 1.88 bits per heavy atom. The standard InChI is InChI=1S/C20H12N2S2/c21-13-15(18-9-7-14-4-1-2-5-17(14)22-18)12-16-8-10-20(24-16)19-6-3-11-23-19/h1-12H/b15-12+. The SMILES string of the molecule is N#C/C(=C\c1ccc(-c2cccs2)s1)c1ccc2ccccc2n1. The quantitative estimate of drug-likeness (QED) is 0.422. The molecule has 24 heavy (non-hydrogen) atoms. The normalized spacial score (nSPS) is 11.5. The molecule has 0 unspecified atom stereocenters. The molecule has 0 aliphatic carbocycles. The number of fused-ring (bicyclic) bond motifs is 1. The van der Waals surface area contributed by atoms with E-state index in [9.17, 15) is 5.26 Å². The summed E-state index contributed by atoms with van der Waals surface area (Å²) in [5, 5.41) is 12.7. The van der Waals surface area contributed by atoms with Crippen LogP contribution in [0.5, 0.6) is 0 Å². The van der Waals surface area contributed by atoms with Gasteiger partial charge in [0.15, 0.2) is 0 Å². The Labute approximate surface area is 148 Å². The van der Waals surface area contributed by atoms with Crippen LogP contribution in [-0.2, 0) is 0 Å². The van der Waals surface area contributed by atoms with E-state index in [0.29, 0.717) is 11.3 Å². The minimum absolute atomic E-state index is 0.584. The lowest BCUT2D eigenvalue weighted by molar-refractivity contribution is 1.35. The van der Waals surface area contributed by atoms with Gasteiger partial charge in [0.05, 0.1) is 16.8 Å². The summed E-state index contributed by atoms with van der Waals surface area (Å²) in [5.41, 5.74) is 2.20. The lowest BCUT2D eigenvalue weighted by Crippen LogP contribution is -1.88. The molecule has 0 fully saturated rings. The molecule has 0 saturated heterocycles. The van der Waals surface area contributed by atoms with Gasteiger partial charge in [-0.2, -0.15) is 5.26 Å². The maximum Gasteiger partial charge on any atom is 0.101 e. The van der Waals surface area contributed by atoms with Crippen LogP contribution < -0.4 is 0 Å². The van der Waals surface area contributed by atoms with Crippen LogP contribution in [0.15, 0.2) is 66.0 Å². The number of nitriles is 1. The largest absolute Gasteiger partial charge is 0.247 e. The van der Waals surface area contributed by atoms with Crippen LogP contribution in [0.1, 0.15) is 10.6 Å². The van der Waals surface area contributed by atoms with Gasteiger partial charge in [-0.25, -0.2) is 4.98 Å². The number of nitrogens with zero attached hydrogens (tertiary/aromatic N) is 2. The van der Waals surface area contributed by atoms with E-state index in [-0.39, 0.29) is 0 Å². The van der Waals surface area contributed by atoms with Crippen LogP contribution in [-0.4, -0.2) is 4.98 Å². The first kappa shape index (κ1) is 14.8. The van der Waals surface area contributed by atoms with Gasteiger partial charge in [0, 0.05) is 20.0 Å². The number of pyridine rings is 1. The van der Waals surface area contributed by atoms with Crippen molar-refractivity contribution in [3.05, 3.63) is 76.6 Å². The molecule has 1 aromatic carbocycles. The third-order valence-electron chi connectivity index (χ3n) is 3.67. The van der Waals surface area contributed by atoms with Gasteiger partial charge in [0.1, 0.15) is 6.07 Å². The molecule has 3 heterocycles. The molecular weight excluding hydrogens is 332 g/mol. The molecule has 0 bridgehead atoms. The van der Waals surface area contributed by atoms with Crippen LogP contribution in [0.4, 0.5) is 0 Å². The van der Waals surface area contributed by atoms with Crippen molar-refractivity contribution >= 4 is 45.2 Å². The highest BCUT2D eigenvalue weighted by Crippen LogP contribution is 2.33.